The third-order valence-electron chi connectivity index (χ3n) is 3.23. The molecule has 2 unspecified atom stereocenters. The Bertz CT molecular complexity index is 600. The first-order valence-corrected chi connectivity index (χ1v) is 7.20. The molecule has 2 heterocycles. The van der Waals surface area contributed by atoms with Crippen molar-refractivity contribution in [2.75, 3.05) is 11.9 Å². The summed E-state index contributed by atoms with van der Waals surface area (Å²) in [6.07, 6.45) is 0. The fourth-order valence-corrected chi connectivity index (χ4v) is 2.86. The van der Waals surface area contributed by atoms with E-state index < -0.39 is 0 Å². The van der Waals surface area contributed by atoms with Gasteiger partial charge in [-0.2, -0.15) is 0 Å². The number of rotatable bonds is 3. The molecule has 7 heteroatoms. The Hall–Kier alpha value is -1.83. The van der Waals surface area contributed by atoms with Crippen molar-refractivity contribution in [3.8, 4) is 0 Å². The average molecular weight is 289 g/mol. The summed E-state index contributed by atoms with van der Waals surface area (Å²) in [5.74, 6) is -0.228. The van der Waals surface area contributed by atoms with Crippen LogP contribution in [0, 0.1) is 12.8 Å². The Kier molecular flexibility index (Phi) is 3.72. The van der Waals surface area contributed by atoms with Gasteiger partial charge in [-0.1, -0.05) is 41.7 Å². The minimum atomic E-state index is -0.179. The summed E-state index contributed by atoms with van der Waals surface area (Å²) in [5.41, 5.74) is 7.29. The van der Waals surface area contributed by atoms with Crippen molar-refractivity contribution in [3.05, 3.63) is 40.9 Å². The summed E-state index contributed by atoms with van der Waals surface area (Å²) in [7, 11) is 0. The van der Waals surface area contributed by atoms with Gasteiger partial charge in [0.1, 0.15) is 5.01 Å². The number of nitrogens with zero attached hydrogens (tertiary/aromatic N) is 2. The van der Waals surface area contributed by atoms with Crippen molar-refractivity contribution in [2.45, 2.75) is 13.0 Å². The molecule has 1 aromatic heterocycles. The van der Waals surface area contributed by atoms with Crippen LogP contribution in [0.4, 0.5) is 5.13 Å². The van der Waals surface area contributed by atoms with Crippen LogP contribution in [0.15, 0.2) is 30.3 Å². The minimum absolute atomic E-state index is 0.0368. The molecule has 1 aliphatic rings. The summed E-state index contributed by atoms with van der Waals surface area (Å²) in [6.45, 7) is 2.45. The topological polar surface area (TPSA) is 78.9 Å². The van der Waals surface area contributed by atoms with E-state index in [4.69, 9.17) is 0 Å². The van der Waals surface area contributed by atoms with Crippen LogP contribution >= 0.6 is 11.3 Å². The number of hydrogen-bond acceptors (Lipinski definition) is 6. The lowest BCUT2D eigenvalue weighted by Crippen LogP contribution is -2.29. The number of carbonyl (C=O) groups excluding carboxylic acids is 1. The van der Waals surface area contributed by atoms with Gasteiger partial charge in [0.25, 0.3) is 0 Å². The molecular weight excluding hydrogens is 274 g/mol. The molecule has 6 nitrogen and oxygen atoms in total. The van der Waals surface area contributed by atoms with Gasteiger partial charge in [-0.15, -0.1) is 10.2 Å². The number of benzene rings is 1. The molecule has 1 saturated heterocycles. The van der Waals surface area contributed by atoms with Crippen molar-refractivity contribution in [1.82, 2.24) is 21.0 Å². The number of aryl methyl sites for hydroxylation is 1. The minimum Gasteiger partial charge on any atom is -0.300 e. The van der Waals surface area contributed by atoms with Gasteiger partial charge in [0.05, 0.1) is 12.0 Å². The highest BCUT2D eigenvalue weighted by Crippen LogP contribution is 2.26. The lowest BCUT2D eigenvalue weighted by molar-refractivity contribution is -0.119. The Balaban J connectivity index is 1.73. The summed E-state index contributed by atoms with van der Waals surface area (Å²) < 4.78 is 0. The highest BCUT2D eigenvalue weighted by molar-refractivity contribution is 7.15. The number of anilines is 1. The van der Waals surface area contributed by atoms with Crippen molar-refractivity contribution in [3.63, 3.8) is 0 Å². The summed E-state index contributed by atoms with van der Waals surface area (Å²) in [5, 5.41) is 12.0. The van der Waals surface area contributed by atoms with Crippen LogP contribution in [-0.4, -0.2) is 22.6 Å². The van der Waals surface area contributed by atoms with Gasteiger partial charge in [0.2, 0.25) is 11.0 Å². The second kappa shape index (κ2) is 5.66. The molecule has 0 spiro atoms. The fraction of sp³-hybridized carbons (Fsp3) is 0.308. The Morgan fingerprint density at radius 1 is 1.35 bits per heavy atom. The van der Waals surface area contributed by atoms with Gasteiger partial charge < -0.3 is 5.32 Å². The molecule has 0 bridgehead atoms. The van der Waals surface area contributed by atoms with Crippen LogP contribution in [-0.2, 0) is 4.79 Å². The van der Waals surface area contributed by atoms with Crippen molar-refractivity contribution >= 4 is 22.4 Å². The molecule has 2 atom stereocenters. The summed E-state index contributed by atoms with van der Waals surface area (Å²) in [6, 6.07) is 9.90. The smallest absolute Gasteiger partial charge is 0.232 e. The van der Waals surface area contributed by atoms with Crippen molar-refractivity contribution in [2.24, 2.45) is 5.92 Å². The molecule has 0 aliphatic carbocycles. The Morgan fingerprint density at radius 3 is 2.85 bits per heavy atom. The summed E-state index contributed by atoms with van der Waals surface area (Å²) in [4.78, 5) is 12.4. The first kappa shape index (κ1) is 13.2. The second-order valence-corrected chi connectivity index (χ2v) is 5.82. The van der Waals surface area contributed by atoms with Crippen LogP contribution in [0.5, 0.6) is 0 Å². The van der Waals surface area contributed by atoms with Gasteiger partial charge in [0.15, 0.2) is 0 Å². The van der Waals surface area contributed by atoms with E-state index in [0.29, 0.717) is 11.7 Å². The quantitative estimate of drug-likeness (QED) is 0.792. The Morgan fingerprint density at radius 2 is 2.15 bits per heavy atom. The lowest BCUT2D eigenvalue weighted by Gasteiger charge is -2.17. The van der Waals surface area contributed by atoms with E-state index in [1.165, 1.54) is 11.3 Å². The standard InChI is InChI=1S/C13H15N5OS/c1-8-16-18-13(20-8)15-12(19)10-7-14-17-11(10)9-5-3-2-4-6-9/h2-6,10-11,14,17H,7H2,1H3,(H,15,18,19). The van der Waals surface area contributed by atoms with Gasteiger partial charge in [-0.05, 0) is 12.5 Å². The molecule has 20 heavy (non-hydrogen) atoms. The maximum Gasteiger partial charge on any atom is 0.232 e. The van der Waals surface area contributed by atoms with Gasteiger partial charge in [0, 0.05) is 6.54 Å². The number of hydrazine groups is 1. The maximum atomic E-state index is 12.4. The van der Waals surface area contributed by atoms with Crippen LogP contribution in [0.1, 0.15) is 16.6 Å². The second-order valence-electron chi connectivity index (χ2n) is 4.64. The molecule has 1 aromatic carbocycles. The first-order valence-electron chi connectivity index (χ1n) is 6.38. The number of nitrogens with one attached hydrogen (secondary N) is 3. The van der Waals surface area contributed by atoms with Crippen LogP contribution < -0.4 is 16.2 Å². The molecule has 3 N–H and O–H groups in total. The zero-order valence-corrected chi connectivity index (χ0v) is 11.8. The van der Waals surface area contributed by atoms with Crippen molar-refractivity contribution < 1.29 is 4.79 Å². The first-order chi connectivity index (χ1) is 9.74. The molecular formula is C13H15N5OS. The van der Waals surface area contributed by atoms with E-state index in [0.717, 1.165) is 10.6 Å². The molecule has 1 amide bonds. The number of aromatic nitrogens is 2. The summed E-state index contributed by atoms with van der Waals surface area (Å²) >= 11 is 1.38. The van der Waals surface area contributed by atoms with Gasteiger partial charge >= 0.3 is 0 Å². The molecule has 0 saturated carbocycles. The molecule has 104 valence electrons. The zero-order valence-electron chi connectivity index (χ0n) is 11.0. The van der Waals surface area contributed by atoms with E-state index in [9.17, 15) is 4.79 Å². The number of hydrogen-bond donors (Lipinski definition) is 3. The van der Waals surface area contributed by atoms with Crippen LogP contribution in [0.25, 0.3) is 0 Å². The predicted octanol–water partition coefficient (Wildman–Crippen LogP) is 1.25. The van der Waals surface area contributed by atoms with Gasteiger partial charge in [-0.3, -0.25) is 10.2 Å². The predicted molar refractivity (Wildman–Crippen MR) is 77.1 cm³/mol. The largest absolute Gasteiger partial charge is 0.300 e. The lowest BCUT2D eigenvalue weighted by atomic mass is 9.94. The van der Waals surface area contributed by atoms with E-state index in [-0.39, 0.29) is 17.9 Å². The normalized spacial score (nSPS) is 21.9. The molecule has 0 radical (unpaired) electrons. The molecule has 1 aliphatic heterocycles. The third-order valence-corrected chi connectivity index (χ3v) is 3.99. The number of carbonyl (C=O) groups is 1. The highest BCUT2D eigenvalue weighted by Gasteiger charge is 2.34. The van der Waals surface area contributed by atoms with E-state index in [1.807, 2.05) is 37.3 Å². The monoisotopic (exact) mass is 289 g/mol. The average Bonchev–Trinajstić information content (AvgIpc) is 3.09. The van der Waals surface area contributed by atoms with Crippen LogP contribution in [0.2, 0.25) is 0 Å². The highest BCUT2D eigenvalue weighted by atomic mass is 32.1. The van der Waals surface area contributed by atoms with Crippen LogP contribution in [0.3, 0.4) is 0 Å². The fourth-order valence-electron chi connectivity index (χ4n) is 2.26. The SMILES string of the molecule is Cc1nnc(NC(=O)C2CNNC2c2ccccc2)s1. The molecule has 2 aromatic rings. The number of amides is 1. The zero-order chi connectivity index (χ0) is 13.9. The Labute approximate surface area is 120 Å². The van der Waals surface area contributed by atoms with E-state index in [1.54, 1.807) is 0 Å². The van der Waals surface area contributed by atoms with Crippen molar-refractivity contribution in [1.29, 1.82) is 0 Å². The van der Waals surface area contributed by atoms with E-state index >= 15 is 0 Å². The van der Waals surface area contributed by atoms with E-state index in [2.05, 4.69) is 26.4 Å². The molecule has 1 fully saturated rings. The molecule has 3 rings (SSSR count). The van der Waals surface area contributed by atoms with Gasteiger partial charge in [-0.25, -0.2) is 5.43 Å². The third kappa shape index (κ3) is 2.69. The maximum absolute atomic E-state index is 12.4.